The summed E-state index contributed by atoms with van der Waals surface area (Å²) in [6, 6.07) is 21.4. The molecule has 0 heterocycles. The minimum atomic E-state index is -1.36. The zero-order valence-electron chi connectivity index (χ0n) is 16.6. The van der Waals surface area contributed by atoms with E-state index < -0.39 is 17.9 Å². The number of phenols is 1. The Morgan fingerprint density at radius 3 is 1.93 bits per heavy atom. The van der Waals surface area contributed by atoms with Crippen molar-refractivity contribution in [2.45, 2.75) is 12.8 Å². The fourth-order valence-electron chi connectivity index (χ4n) is 2.49. The van der Waals surface area contributed by atoms with Crippen LogP contribution in [-0.2, 0) is 4.79 Å². The van der Waals surface area contributed by atoms with Crippen molar-refractivity contribution < 1.29 is 59.3 Å². The van der Waals surface area contributed by atoms with E-state index in [9.17, 15) is 19.5 Å². The Morgan fingerprint density at radius 2 is 1.40 bits per heavy atom. The number of hydrogen-bond donors (Lipinski definition) is 2. The summed E-state index contributed by atoms with van der Waals surface area (Å²) in [7, 11) is 0. The number of carbonyl (C=O) groups excluding carboxylic acids is 2. The van der Waals surface area contributed by atoms with Crippen molar-refractivity contribution >= 4 is 17.7 Å². The molecular weight excluding hydrogens is 395 g/mol. The van der Waals surface area contributed by atoms with Crippen molar-refractivity contribution in [1.29, 1.82) is 0 Å². The Bertz CT molecular complexity index is 1020. The molecule has 0 spiro atoms. The summed E-state index contributed by atoms with van der Waals surface area (Å²) in [5.41, 5.74) is 1.57. The number of benzene rings is 3. The van der Waals surface area contributed by atoms with E-state index in [4.69, 9.17) is 10.2 Å². The minimum Gasteiger partial charge on any atom is -0.545 e. The SMILES string of the molecule is CC(C(=O)O)c1cccc(C(=O)c2ccccc2)c1.O=C([O-])c1ccccc1O.[Na+]. The van der Waals surface area contributed by atoms with Crippen LogP contribution in [0.15, 0.2) is 78.9 Å². The maximum absolute atomic E-state index is 12.2. The van der Waals surface area contributed by atoms with Gasteiger partial charge in [-0.25, -0.2) is 0 Å². The van der Waals surface area contributed by atoms with Crippen LogP contribution in [0, 0.1) is 0 Å². The number of carbonyl (C=O) groups is 3. The summed E-state index contributed by atoms with van der Waals surface area (Å²) >= 11 is 0. The maximum Gasteiger partial charge on any atom is 1.00 e. The van der Waals surface area contributed by atoms with E-state index in [0.29, 0.717) is 16.7 Å². The van der Waals surface area contributed by atoms with Crippen LogP contribution in [0.4, 0.5) is 0 Å². The van der Waals surface area contributed by atoms with Crippen LogP contribution in [0.1, 0.15) is 44.7 Å². The Hall–Kier alpha value is -2.93. The van der Waals surface area contributed by atoms with Gasteiger partial charge < -0.3 is 20.1 Å². The molecule has 3 aromatic rings. The molecule has 7 heteroatoms. The summed E-state index contributed by atoms with van der Waals surface area (Å²) in [6.45, 7) is 1.61. The van der Waals surface area contributed by atoms with E-state index in [2.05, 4.69) is 0 Å². The first kappa shape index (κ1) is 25.1. The predicted molar refractivity (Wildman–Crippen MR) is 105 cm³/mol. The zero-order chi connectivity index (χ0) is 21.4. The van der Waals surface area contributed by atoms with E-state index in [1.165, 1.54) is 18.2 Å². The largest absolute Gasteiger partial charge is 1.00 e. The van der Waals surface area contributed by atoms with Gasteiger partial charge >= 0.3 is 35.5 Å². The number of ketones is 1. The molecule has 1 unspecified atom stereocenters. The molecule has 148 valence electrons. The molecule has 3 aromatic carbocycles. The summed E-state index contributed by atoms with van der Waals surface area (Å²) in [6.07, 6.45) is 0. The molecule has 0 aliphatic rings. The van der Waals surface area contributed by atoms with Crippen LogP contribution in [0.2, 0.25) is 0 Å². The van der Waals surface area contributed by atoms with Crippen LogP contribution < -0.4 is 34.7 Å². The predicted octanol–water partition coefficient (Wildman–Crippen LogP) is -0.135. The second-order valence-electron chi connectivity index (χ2n) is 6.19. The van der Waals surface area contributed by atoms with Crippen LogP contribution in [0.25, 0.3) is 0 Å². The number of aliphatic carboxylic acids is 1. The van der Waals surface area contributed by atoms with Gasteiger partial charge in [-0.1, -0.05) is 60.7 Å². The number of rotatable bonds is 5. The summed E-state index contributed by atoms with van der Waals surface area (Å²) < 4.78 is 0. The van der Waals surface area contributed by atoms with Gasteiger partial charge in [0.15, 0.2) is 5.78 Å². The molecule has 0 amide bonds. The van der Waals surface area contributed by atoms with Gasteiger partial charge in [0.2, 0.25) is 0 Å². The molecule has 1 atom stereocenters. The zero-order valence-corrected chi connectivity index (χ0v) is 18.6. The van der Waals surface area contributed by atoms with Crippen molar-refractivity contribution in [3.8, 4) is 5.75 Å². The van der Waals surface area contributed by atoms with E-state index in [0.717, 1.165) is 0 Å². The summed E-state index contributed by atoms with van der Waals surface area (Å²) in [4.78, 5) is 33.4. The molecule has 0 saturated carbocycles. The van der Waals surface area contributed by atoms with Crippen LogP contribution in [0.3, 0.4) is 0 Å². The van der Waals surface area contributed by atoms with E-state index in [1.54, 1.807) is 61.5 Å². The first-order valence-electron chi connectivity index (χ1n) is 8.73. The standard InChI is InChI=1S/C16H14O3.C7H6O3.Na/c1-11(16(18)19)13-8-5-9-14(10-13)15(17)12-6-3-2-4-7-12;8-6-4-2-1-3-5(6)7(9)10;/h2-11H,1H3,(H,18,19);1-4,8H,(H,9,10);/q;;+1/p-1. The Labute approximate surface area is 196 Å². The van der Waals surface area contributed by atoms with Crippen molar-refractivity contribution in [3.05, 3.63) is 101 Å². The molecule has 0 fully saturated rings. The Balaban J connectivity index is 0.000000348. The molecule has 6 nitrogen and oxygen atoms in total. The Kier molecular flexibility index (Phi) is 9.98. The maximum atomic E-state index is 12.2. The summed E-state index contributed by atoms with van der Waals surface area (Å²) in [5, 5.41) is 28.0. The molecule has 0 aliphatic carbocycles. The topological polar surface area (TPSA) is 115 Å². The third-order valence-electron chi connectivity index (χ3n) is 4.18. The van der Waals surface area contributed by atoms with E-state index in [1.807, 2.05) is 6.07 Å². The smallest absolute Gasteiger partial charge is 0.545 e. The molecule has 0 aromatic heterocycles. The monoisotopic (exact) mass is 414 g/mol. The number of carboxylic acids is 2. The van der Waals surface area contributed by atoms with Gasteiger partial charge in [0.25, 0.3) is 0 Å². The number of hydrogen-bond acceptors (Lipinski definition) is 5. The average molecular weight is 414 g/mol. The third-order valence-corrected chi connectivity index (χ3v) is 4.18. The van der Waals surface area contributed by atoms with Gasteiger partial charge in [0.05, 0.1) is 11.9 Å². The van der Waals surface area contributed by atoms with Crippen LogP contribution in [-0.4, -0.2) is 27.9 Å². The first-order chi connectivity index (χ1) is 13.8. The second kappa shape index (κ2) is 11.9. The molecule has 0 bridgehead atoms. The average Bonchev–Trinajstić information content (AvgIpc) is 2.74. The fourth-order valence-corrected chi connectivity index (χ4v) is 2.49. The number of para-hydroxylation sites is 1. The molecule has 0 aliphatic heterocycles. The van der Waals surface area contributed by atoms with Crippen LogP contribution >= 0.6 is 0 Å². The fraction of sp³-hybridized carbons (Fsp3) is 0.0870. The van der Waals surface area contributed by atoms with Gasteiger partial charge in [0, 0.05) is 16.7 Å². The number of carboxylic acid groups (broad SMARTS) is 2. The van der Waals surface area contributed by atoms with E-state index in [-0.39, 0.29) is 46.7 Å². The van der Waals surface area contributed by atoms with Crippen molar-refractivity contribution in [1.82, 2.24) is 0 Å². The number of aromatic carboxylic acids is 1. The third kappa shape index (κ3) is 6.84. The first-order valence-corrected chi connectivity index (χ1v) is 8.73. The van der Waals surface area contributed by atoms with Crippen molar-refractivity contribution in [2.24, 2.45) is 0 Å². The minimum absolute atomic E-state index is 0. The molecule has 0 radical (unpaired) electrons. The van der Waals surface area contributed by atoms with Crippen LogP contribution in [0.5, 0.6) is 5.75 Å². The number of aromatic hydroxyl groups is 1. The molecular formula is C23H19NaO6. The van der Waals surface area contributed by atoms with Gasteiger partial charge in [-0.3, -0.25) is 9.59 Å². The molecule has 3 rings (SSSR count). The van der Waals surface area contributed by atoms with Gasteiger partial charge in [0.1, 0.15) is 5.75 Å². The second-order valence-corrected chi connectivity index (χ2v) is 6.19. The molecule has 0 saturated heterocycles. The molecule has 30 heavy (non-hydrogen) atoms. The summed E-state index contributed by atoms with van der Waals surface area (Å²) in [5.74, 6) is -3.24. The van der Waals surface area contributed by atoms with Gasteiger partial charge in [-0.15, -0.1) is 0 Å². The normalized spacial score (nSPS) is 10.6. The van der Waals surface area contributed by atoms with Crippen molar-refractivity contribution in [3.63, 3.8) is 0 Å². The van der Waals surface area contributed by atoms with E-state index >= 15 is 0 Å². The molecule has 2 N–H and O–H groups in total. The quantitative estimate of drug-likeness (QED) is 0.444. The van der Waals surface area contributed by atoms with Crippen molar-refractivity contribution in [2.75, 3.05) is 0 Å². The van der Waals surface area contributed by atoms with Gasteiger partial charge in [-0.05, 0) is 30.7 Å². The van der Waals surface area contributed by atoms with Gasteiger partial charge in [-0.2, -0.15) is 0 Å². The Morgan fingerprint density at radius 1 is 0.833 bits per heavy atom.